The zero-order valence-electron chi connectivity index (χ0n) is 11.0. The fraction of sp³-hybridized carbons (Fsp3) is 0.600. The van der Waals surface area contributed by atoms with Gasteiger partial charge in [-0.1, -0.05) is 25.8 Å². The maximum atomic E-state index is 13.2. The average Bonchev–Trinajstić information content (AvgIpc) is 2.83. The summed E-state index contributed by atoms with van der Waals surface area (Å²) in [7, 11) is 0. The van der Waals surface area contributed by atoms with Crippen LogP contribution in [0.15, 0.2) is 18.2 Å². The Morgan fingerprint density at radius 3 is 2.67 bits per heavy atom. The zero-order valence-corrected chi connectivity index (χ0v) is 11.0. The highest BCUT2D eigenvalue weighted by atomic mass is 19.1. The predicted molar refractivity (Wildman–Crippen MR) is 71.0 cm³/mol. The topological polar surface area (TPSA) is 32.3 Å². The first kappa shape index (κ1) is 13.3. The number of benzene rings is 1. The van der Waals surface area contributed by atoms with Gasteiger partial charge in [0.15, 0.2) is 11.6 Å². The van der Waals surface area contributed by atoms with E-state index in [1.54, 1.807) is 6.07 Å². The standard InChI is InChI=1S/C15H22FNO/c1-2-15(7-3-4-8-15)11-17-10-12-5-6-14(18)13(16)9-12/h5-6,9,17-18H,2-4,7-8,10-11H2,1H3. The molecule has 0 spiro atoms. The van der Waals surface area contributed by atoms with Crippen molar-refractivity contribution in [3.63, 3.8) is 0 Å². The highest BCUT2D eigenvalue weighted by Crippen LogP contribution is 2.40. The molecule has 0 aromatic heterocycles. The second-order valence-electron chi connectivity index (χ2n) is 5.45. The van der Waals surface area contributed by atoms with Gasteiger partial charge in [0, 0.05) is 13.1 Å². The molecule has 0 bridgehead atoms. The molecule has 1 fully saturated rings. The third-order valence-corrected chi connectivity index (χ3v) is 4.26. The highest BCUT2D eigenvalue weighted by Gasteiger charge is 2.31. The Hall–Kier alpha value is -1.09. The summed E-state index contributed by atoms with van der Waals surface area (Å²) < 4.78 is 13.2. The summed E-state index contributed by atoms with van der Waals surface area (Å²) >= 11 is 0. The lowest BCUT2D eigenvalue weighted by Gasteiger charge is -2.27. The van der Waals surface area contributed by atoms with Crippen LogP contribution in [-0.2, 0) is 6.54 Å². The summed E-state index contributed by atoms with van der Waals surface area (Å²) in [4.78, 5) is 0. The Labute approximate surface area is 108 Å². The quantitative estimate of drug-likeness (QED) is 0.838. The van der Waals surface area contributed by atoms with Crippen LogP contribution in [0.2, 0.25) is 0 Å². The van der Waals surface area contributed by atoms with Crippen LogP contribution in [0.1, 0.15) is 44.6 Å². The van der Waals surface area contributed by atoms with Crippen molar-refractivity contribution in [1.82, 2.24) is 5.32 Å². The summed E-state index contributed by atoms with van der Waals surface area (Å²) in [5.74, 6) is -0.819. The number of aromatic hydroxyl groups is 1. The number of hydrogen-bond donors (Lipinski definition) is 2. The van der Waals surface area contributed by atoms with Crippen molar-refractivity contribution >= 4 is 0 Å². The minimum Gasteiger partial charge on any atom is -0.505 e. The molecule has 18 heavy (non-hydrogen) atoms. The van der Waals surface area contributed by atoms with Gasteiger partial charge in [0.25, 0.3) is 0 Å². The Bertz CT molecular complexity index is 399. The third kappa shape index (κ3) is 3.02. The SMILES string of the molecule is CCC1(CNCc2ccc(O)c(F)c2)CCCC1. The lowest BCUT2D eigenvalue weighted by molar-refractivity contribution is 0.268. The Kier molecular flexibility index (Phi) is 4.23. The van der Waals surface area contributed by atoms with Crippen LogP contribution in [0.4, 0.5) is 4.39 Å². The van der Waals surface area contributed by atoms with Crippen LogP contribution in [0, 0.1) is 11.2 Å². The Morgan fingerprint density at radius 1 is 1.33 bits per heavy atom. The van der Waals surface area contributed by atoms with Gasteiger partial charge in [-0.2, -0.15) is 0 Å². The molecule has 1 aromatic rings. The fourth-order valence-corrected chi connectivity index (χ4v) is 2.91. The van der Waals surface area contributed by atoms with E-state index in [4.69, 9.17) is 5.11 Å². The number of nitrogens with one attached hydrogen (secondary N) is 1. The van der Waals surface area contributed by atoms with Crippen LogP contribution in [0.5, 0.6) is 5.75 Å². The van der Waals surface area contributed by atoms with Gasteiger partial charge in [0.2, 0.25) is 0 Å². The highest BCUT2D eigenvalue weighted by molar-refractivity contribution is 5.27. The van der Waals surface area contributed by atoms with Crippen LogP contribution in [-0.4, -0.2) is 11.7 Å². The Balaban J connectivity index is 1.86. The summed E-state index contributed by atoms with van der Waals surface area (Å²) in [6.07, 6.45) is 6.50. The van der Waals surface area contributed by atoms with E-state index in [-0.39, 0.29) is 5.75 Å². The molecule has 0 radical (unpaired) electrons. The lowest BCUT2D eigenvalue weighted by atomic mass is 9.83. The monoisotopic (exact) mass is 251 g/mol. The van der Waals surface area contributed by atoms with E-state index in [0.717, 1.165) is 12.1 Å². The summed E-state index contributed by atoms with van der Waals surface area (Å²) in [6, 6.07) is 4.58. The number of halogens is 1. The Morgan fingerprint density at radius 2 is 2.06 bits per heavy atom. The first-order chi connectivity index (χ1) is 8.65. The molecule has 0 amide bonds. The maximum Gasteiger partial charge on any atom is 0.165 e. The molecule has 0 atom stereocenters. The molecule has 2 N–H and O–H groups in total. The second kappa shape index (κ2) is 5.70. The first-order valence-electron chi connectivity index (χ1n) is 6.83. The van der Waals surface area contributed by atoms with E-state index in [1.165, 1.54) is 44.2 Å². The number of hydrogen-bond acceptors (Lipinski definition) is 2. The molecule has 0 aliphatic heterocycles. The molecule has 0 saturated heterocycles. The molecule has 2 rings (SSSR count). The van der Waals surface area contributed by atoms with Crippen molar-refractivity contribution in [3.8, 4) is 5.75 Å². The van der Waals surface area contributed by atoms with E-state index in [1.807, 2.05) is 0 Å². The minimum absolute atomic E-state index is 0.278. The van der Waals surface area contributed by atoms with E-state index < -0.39 is 5.82 Å². The van der Waals surface area contributed by atoms with Crippen molar-refractivity contribution in [1.29, 1.82) is 0 Å². The third-order valence-electron chi connectivity index (χ3n) is 4.26. The summed E-state index contributed by atoms with van der Waals surface area (Å²) in [6.45, 7) is 3.93. The molecule has 0 heterocycles. The molecular weight excluding hydrogens is 229 g/mol. The van der Waals surface area contributed by atoms with Gasteiger partial charge >= 0.3 is 0 Å². The number of phenols is 1. The van der Waals surface area contributed by atoms with Gasteiger partial charge < -0.3 is 10.4 Å². The van der Waals surface area contributed by atoms with Crippen molar-refractivity contribution in [2.75, 3.05) is 6.54 Å². The molecule has 1 aliphatic carbocycles. The first-order valence-corrected chi connectivity index (χ1v) is 6.83. The lowest BCUT2D eigenvalue weighted by Crippen LogP contribution is -2.31. The van der Waals surface area contributed by atoms with Crippen molar-refractivity contribution in [3.05, 3.63) is 29.6 Å². The van der Waals surface area contributed by atoms with E-state index >= 15 is 0 Å². The van der Waals surface area contributed by atoms with Gasteiger partial charge in [-0.05, 0) is 42.4 Å². The zero-order chi connectivity index (χ0) is 13.0. The maximum absolute atomic E-state index is 13.2. The fourth-order valence-electron chi connectivity index (χ4n) is 2.91. The van der Waals surface area contributed by atoms with Crippen molar-refractivity contribution < 1.29 is 9.50 Å². The van der Waals surface area contributed by atoms with Gasteiger partial charge in [0.1, 0.15) is 0 Å². The van der Waals surface area contributed by atoms with Crippen molar-refractivity contribution in [2.45, 2.75) is 45.6 Å². The number of rotatable bonds is 5. The van der Waals surface area contributed by atoms with E-state index in [2.05, 4.69) is 12.2 Å². The molecular formula is C15H22FNO. The molecule has 2 nitrogen and oxygen atoms in total. The van der Waals surface area contributed by atoms with Gasteiger partial charge in [0.05, 0.1) is 0 Å². The predicted octanol–water partition coefficient (Wildman–Crippen LogP) is 3.59. The van der Waals surface area contributed by atoms with Crippen LogP contribution >= 0.6 is 0 Å². The average molecular weight is 251 g/mol. The van der Waals surface area contributed by atoms with Crippen LogP contribution < -0.4 is 5.32 Å². The van der Waals surface area contributed by atoms with Gasteiger partial charge in [-0.15, -0.1) is 0 Å². The summed E-state index contributed by atoms with van der Waals surface area (Å²) in [5, 5.41) is 12.6. The smallest absolute Gasteiger partial charge is 0.165 e. The minimum atomic E-state index is -0.541. The molecule has 1 saturated carbocycles. The summed E-state index contributed by atoms with van der Waals surface area (Å²) in [5.41, 5.74) is 1.34. The number of phenolic OH excluding ortho intramolecular Hbond substituents is 1. The molecule has 0 unspecified atom stereocenters. The van der Waals surface area contributed by atoms with Crippen LogP contribution in [0.3, 0.4) is 0 Å². The van der Waals surface area contributed by atoms with E-state index in [9.17, 15) is 4.39 Å². The molecule has 100 valence electrons. The van der Waals surface area contributed by atoms with E-state index in [0.29, 0.717) is 12.0 Å². The van der Waals surface area contributed by atoms with Gasteiger partial charge in [-0.3, -0.25) is 0 Å². The molecule has 3 heteroatoms. The largest absolute Gasteiger partial charge is 0.505 e. The second-order valence-corrected chi connectivity index (χ2v) is 5.45. The molecule has 1 aliphatic rings. The van der Waals surface area contributed by atoms with Gasteiger partial charge in [-0.25, -0.2) is 4.39 Å². The molecule has 1 aromatic carbocycles. The van der Waals surface area contributed by atoms with Crippen LogP contribution in [0.25, 0.3) is 0 Å². The normalized spacial score (nSPS) is 18.1. The van der Waals surface area contributed by atoms with Crippen molar-refractivity contribution in [2.24, 2.45) is 5.41 Å².